The monoisotopic (exact) mass is 445 g/mol. The minimum Gasteiger partial charge on any atom is -0.491 e. The highest BCUT2D eigenvalue weighted by Gasteiger charge is 2.27. The van der Waals surface area contributed by atoms with Crippen molar-refractivity contribution in [2.75, 3.05) is 26.8 Å². The van der Waals surface area contributed by atoms with Crippen LogP contribution in [0.5, 0.6) is 11.5 Å². The lowest BCUT2D eigenvalue weighted by Crippen LogP contribution is -2.36. The van der Waals surface area contributed by atoms with Crippen LogP contribution in [0.25, 0.3) is 6.08 Å². The van der Waals surface area contributed by atoms with Crippen LogP contribution in [0.15, 0.2) is 48.5 Å². The first-order valence-corrected chi connectivity index (χ1v) is 10.6. The normalized spacial score (nSPS) is 11.8. The lowest BCUT2D eigenvalue weighted by atomic mass is 10.1. The van der Waals surface area contributed by atoms with Crippen LogP contribution in [0.4, 0.5) is 0 Å². The molecule has 0 aliphatic heterocycles. The third kappa shape index (κ3) is 6.49. The van der Waals surface area contributed by atoms with Crippen molar-refractivity contribution in [2.45, 2.75) is 26.9 Å². The fraction of sp³-hybridized carbons (Fsp3) is 0.333. The molecule has 0 unspecified atom stereocenters. The van der Waals surface area contributed by atoms with E-state index in [1.165, 1.54) is 13.2 Å². The van der Waals surface area contributed by atoms with Crippen molar-refractivity contribution in [2.24, 2.45) is 0 Å². The molecule has 2 aromatic carbocycles. The molecule has 0 saturated carbocycles. The molecule has 0 aromatic heterocycles. The fourth-order valence-corrected chi connectivity index (χ4v) is 3.35. The van der Waals surface area contributed by atoms with E-state index in [1.54, 1.807) is 47.4 Å². The Morgan fingerprint density at radius 3 is 2.35 bits per heavy atom. The maximum atomic E-state index is 12.9. The summed E-state index contributed by atoms with van der Waals surface area (Å²) in [5.41, 5.74) is 1.25. The molecule has 2 rings (SSSR count). The van der Waals surface area contributed by atoms with Crippen LogP contribution in [-0.2, 0) is 14.3 Å². The van der Waals surface area contributed by atoms with E-state index in [0.717, 1.165) is 0 Å². The van der Waals surface area contributed by atoms with Gasteiger partial charge in [-0.1, -0.05) is 41.9 Å². The minimum absolute atomic E-state index is 0.260. The molecule has 0 aliphatic carbocycles. The maximum absolute atomic E-state index is 12.9. The van der Waals surface area contributed by atoms with Crippen LogP contribution < -0.4 is 9.47 Å². The Labute approximate surface area is 188 Å². The molecule has 0 heterocycles. The molecule has 0 bridgehead atoms. The van der Waals surface area contributed by atoms with Gasteiger partial charge < -0.3 is 19.1 Å². The third-order valence-corrected chi connectivity index (χ3v) is 4.86. The van der Waals surface area contributed by atoms with E-state index in [-0.39, 0.29) is 5.91 Å². The molecule has 0 aliphatic rings. The zero-order valence-corrected chi connectivity index (χ0v) is 19.0. The quantitative estimate of drug-likeness (QED) is 0.384. The molecule has 166 valence electrons. The lowest BCUT2D eigenvalue weighted by Gasteiger charge is -2.25. The third-order valence-electron chi connectivity index (χ3n) is 4.58. The Morgan fingerprint density at radius 1 is 1.10 bits per heavy atom. The van der Waals surface area contributed by atoms with Crippen LogP contribution >= 0.6 is 11.6 Å². The summed E-state index contributed by atoms with van der Waals surface area (Å²) >= 11 is 6.25. The second-order valence-electron chi connectivity index (χ2n) is 6.54. The number of esters is 1. The summed E-state index contributed by atoms with van der Waals surface area (Å²) in [6, 6.07) is 12.3. The predicted molar refractivity (Wildman–Crippen MR) is 121 cm³/mol. The number of halogens is 1. The Bertz CT molecular complexity index is 910. The molecule has 1 atom stereocenters. The highest BCUT2D eigenvalue weighted by molar-refractivity contribution is 6.32. The van der Waals surface area contributed by atoms with Gasteiger partial charge in [0.1, 0.15) is 0 Å². The Kier molecular flexibility index (Phi) is 9.40. The molecule has 0 radical (unpaired) electrons. The predicted octanol–water partition coefficient (Wildman–Crippen LogP) is 4.91. The molecule has 2 aromatic rings. The van der Waals surface area contributed by atoms with Crippen molar-refractivity contribution < 1.29 is 23.8 Å². The highest BCUT2D eigenvalue weighted by atomic mass is 35.5. The number of amides is 1. The molecular formula is C24H28ClNO5. The van der Waals surface area contributed by atoms with E-state index in [2.05, 4.69) is 0 Å². The standard InChI is InChI=1S/C24H28ClNO5/c1-5-26(6-2)24(28)22(18-11-9-8-10-12-18)31-21(27)14-13-17-15-19(25)23(29-4)20(16-17)30-7-3/h8-16,22H,5-7H2,1-4H3/b14-13+/t22-/m0/s1. The molecule has 0 N–H and O–H groups in total. The topological polar surface area (TPSA) is 65.1 Å². The molecule has 0 saturated heterocycles. The van der Waals surface area contributed by atoms with Gasteiger partial charge in [-0.2, -0.15) is 0 Å². The molecule has 31 heavy (non-hydrogen) atoms. The van der Waals surface area contributed by atoms with Gasteiger partial charge in [-0.25, -0.2) is 4.79 Å². The summed E-state index contributed by atoms with van der Waals surface area (Å²) < 4.78 is 16.4. The molecule has 0 fully saturated rings. The zero-order valence-electron chi connectivity index (χ0n) is 18.3. The highest BCUT2D eigenvalue weighted by Crippen LogP contribution is 2.36. The number of carbonyl (C=O) groups is 2. The van der Waals surface area contributed by atoms with Gasteiger partial charge in [0, 0.05) is 24.7 Å². The first kappa shape index (κ1) is 24.3. The SMILES string of the molecule is CCOc1cc(/C=C/C(=O)O[C@H](C(=O)N(CC)CC)c2ccccc2)cc(Cl)c1OC. The molecular weight excluding hydrogens is 418 g/mol. The average Bonchev–Trinajstić information content (AvgIpc) is 2.77. The maximum Gasteiger partial charge on any atom is 0.331 e. The molecule has 7 heteroatoms. The summed E-state index contributed by atoms with van der Waals surface area (Å²) in [5, 5.41) is 0.361. The summed E-state index contributed by atoms with van der Waals surface area (Å²) in [4.78, 5) is 27.1. The van der Waals surface area contributed by atoms with Crippen molar-refractivity contribution in [3.8, 4) is 11.5 Å². The second kappa shape index (κ2) is 12.0. The largest absolute Gasteiger partial charge is 0.491 e. The smallest absolute Gasteiger partial charge is 0.331 e. The Morgan fingerprint density at radius 2 is 1.77 bits per heavy atom. The first-order chi connectivity index (χ1) is 14.9. The van der Waals surface area contributed by atoms with E-state index >= 15 is 0 Å². The van der Waals surface area contributed by atoms with Crippen molar-refractivity contribution in [3.05, 3.63) is 64.7 Å². The van der Waals surface area contributed by atoms with Crippen molar-refractivity contribution >= 4 is 29.6 Å². The summed E-state index contributed by atoms with van der Waals surface area (Å²) in [6.07, 6.45) is 1.80. The van der Waals surface area contributed by atoms with Crippen LogP contribution in [0, 0.1) is 0 Å². The lowest BCUT2D eigenvalue weighted by molar-refractivity contribution is -0.157. The van der Waals surface area contributed by atoms with Crippen molar-refractivity contribution in [1.82, 2.24) is 4.90 Å². The number of benzene rings is 2. The van der Waals surface area contributed by atoms with E-state index in [1.807, 2.05) is 26.8 Å². The van der Waals surface area contributed by atoms with Gasteiger partial charge >= 0.3 is 5.97 Å². The Hall–Kier alpha value is -2.99. The second-order valence-corrected chi connectivity index (χ2v) is 6.95. The van der Waals surface area contributed by atoms with Crippen molar-refractivity contribution in [3.63, 3.8) is 0 Å². The minimum atomic E-state index is -1.02. The van der Waals surface area contributed by atoms with Gasteiger partial charge in [-0.15, -0.1) is 0 Å². The van der Waals surface area contributed by atoms with Gasteiger partial charge in [0.05, 0.1) is 18.7 Å². The first-order valence-electron chi connectivity index (χ1n) is 10.2. The van der Waals surface area contributed by atoms with Crippen LogP contribution in [0.2, 0.25) is 5.02 Å². The van der Waals surface area contributed by atoms with E-state index < -0.39 is 12.1 Å². The number of methoxy groups -OCH3 is 1. The summed E-state index contributed by atoms with van der Waals surface area (Å²) in [6.45, 7) is 7.11. The van der Waals surface area contributed by atoms with Gasteiger partial charge in [0.25, 0.3) is 5.91 Å². The molecule has 0 spiro atoms. The summed E-state index contributed by atoms with van der Waals surface area (Å²) in [7, 11) is 1.51. The number of nitrogens with zero attached hydrogens (tertiary/aromatic N) is 1. The van der Waals surface area contributed by atoms with Crippen molar-refractivity contribution in [1.29, 1.82) is 0 Å². The van der Waals surface area contributed by atoms with Gasteiger partial charge in [0.15, 0.2) is 11.5 Å². The van der Waals surface area contributed by atoms with E-state index in [9.17, 15) is 9.59 Å². The van der Waals surface area contributed by atoms with Gasteiger partial charge in [-0.3, -0.25) is 4.79 Å². The Balaban J connectivity index is 2.24. The average molecular weight is 446 g/mol. The number of carbonyl (C=O) groups excluding carboxylic acids is 2. The van der Waals surface area contributed by atoms with Gasteiger partial charge in [-0.05, 0) is 44.5 Å². The number of hydrogen-bond donors (Lipinski definition) is 0. The molecule has 6 nitrogen and oxygen atoms in total. The van der Waals surface area contributed by atoms with Crippen LogP contribution in [-0.4, -0.2) is 43.6 Å². The van der Waals surface area contributed by atoms with Crippen LogP contribution in [0.1, 0.15) is 38.0 Å². The number of likely N-dealkylation sites (N-methyl/N-ethyl adjacent to an activating group) is 1. The number of hydrogen-bond acceptors (Lipinski definition) is 5. The number of rotatable bonds is 10. The van der Waals surface area contributed by atoms with Gasteiger partial charge in [0.2, 0.25) is 6.10 Å². The van der Waals surface area contributed by atoms with E-state index in [0.29, 0.717) is 47.3 Å². The van der Waals surface area contributed by atoms with Crippen LogP contribution in [0.3, 0.4) is 0 Å². The van der Waals surface area contributed by atoms with E-state index in [4.69, 9.17) is 25.8 Å². The summed E-state index contributed by atoms with van der Waals surface area (Å²) in [5.74, 6) is 0.00456. The molecule has 1 amide bonds. The zero-order chi connectivity index (χ0) is 22.8. The number of ether oxygens (including phenoxy) is 3. The fourth-order valence-electron chi connectivity index (χ4n) is 3.05.